The zero-order valence-corrected chi connectivity index (χ0v) is 11.8. The number of thiophene rings is 1. The monoisotopic (exact) mass is 269 g/mol. The van der Waals surface area contributed by atoms with Crippen molar-refractivity contribution in [3.05, 3.63) is 22.4 Å². The quantitative estimate of drug-likeness (QED) is 0.602. The molecule has 1 fully saturated rings. The Bertz CT molecular complexity index is 331. The highest BCUT2D eigenvalue weighted by Gasteiger charge is 2.26. The normalized spacial score (nSPS) is 23.1. The van der Waals surface area contributed by atoms with Crippen molar-refractivity contribution in [3.63, 3.8) is 0 Å². The van der Waals surface area contributed by atoms with Crippen LogP contribution in [-0.4, -0.2) is 43.3 Å². The number of aryl methyl sites for hydroxylation is 1. The standard InChI is InChI=1S/C13H23N3OS/c1-2-16-7-8-17-13(10-16)12(15-14)6-5-11-4-3-9-18-11/h3-4,9,12-13,15H,2,5-8,10,14H2,1H3. The summed E-state index contributed by atoms with van der Waals surface area (Å²) in [6.45, 7) is 6.11. The Morgan fingerprint density at radius 3 is 3.22 bits per heavy atom. The third-order valence-corrected chi connectivity index (χ3v) is 4.51. The number of hydrazine groups is 1. The number of ether oxygens (including phenoxy) is 1. The molecule has 2 atom stereocenters. The molecule has 2 rings (SSSR count). The van der Waals surface area contributed by atoms with Gasteiger partial charge in [0.2, 0.25) is 0 Å². The highest BCUT2D eigenvalue weighted by molar-refractivity contribution is 7.09. The molecule has 0 amide bonds. The number of hydrogen-bond donors (Lipinski definition) is 2. The summed E-state index contributed by atoms with van der Waals surface area (Å²) in [5.41, 5.74) is 2.93. The summed E-state index contributed by atoms with van der Waals surface area (Å²) in [4.78, 5) is 3.84. The highest BCUT2D eigenvalue weighted by Crippen LogP contribution is 2.16. The largest absolute Gasteiger partial charge is 0.374 e. The van der Waals surface area contributed by atoms with Crippen LogP contribution in [0.4, 0.5) is 0 Å². The van der Waals surface area contributed by atoms with Gasteiger partial charge in [0, 0.05) is 24.0 Å². The van der Waals surface area contributed by atoms with Gasteiger partial charge in [-0.1, -0.05) is 13.0 Å². The Labute approximate surface area is 113 Å². The van der Waals surface area contributed by atoms with Crippen LogP contribution in [0.3, 0.4) is 0 Å². The maximum Gasteiger partial charge on any atom is 0.0868 e. The minimum Gasteiger partial charge on any atom is -0.374 e. The summed E-state index contributed by atoms with van der Waals surface area (Å²) in [6.07, 6.45) is 2.31. The van der Waals surface area contributed by atoms with E-state index in [4.69, 9.17) is 10.6 Å². The third kappa shape index (κ3) is 3.76. The van der Waals surface area contributed by atoms with Gasteiger partial charge in [0.1, 0.15) is 0 Å². The summed E-state index contributed by atoms with van der Waals surface area (Å²) in [6, 6.07) is 4.51. The van der Waals surface area contributed by atoms with Crippen LogP contribution in [0.2, 0.25) is 0 Å². The molecule has 1 aromatic heterocycles. The van der Waals surface area contributed by atoms with E-state index in [0.717, 1.165) is 39.1 Å². The Kier molecular flexibility index (Phi) is 5.59. The molecule has 5 heteroatoms. The van der Waals surface area contributed by atoms with E-state index in [-0.39, 0.29) is 12.1 Å². The van der Waals surface area contributed by atoms with Crippen molar-refractivity contribution in [2.24, 2.45) is 5.84 Å². The fourth-order valence-electron chi connectivity index (χ4n) is 2.39. The number of rotatable bonds is 6. The van der Waals surface area contributed by atoms with Gasteiger partial charge in [-0.25, -0.2) is 0 Å². The minimum absolute atomic E-state index is 0.212. The Morgan fingerprint density at radius 2 is 2.56 bits per heavy atom. The molecular formula is C13H23N3OS. The van der Waals surface area contributed by atoms with E-state index in [1.165, 1.54) is 4.88 Å². The predicted molar refractivity (Wildman–Crippen MR) is 75.6 cm³/mol. The fourth-order valence-corrected chi connectivity index (χ4v) is 3.12. The summed E-state index contributed by atoms with van der Waals surface area (Å²) in [5, 5.41) is 2.12. The van der Waals surface area contributed by atoms with E-state index in [0.29, 0.717) is 0 Å². The average Bonchev–Trinajstić information content (AvgIpc) is 2.93. The first-order valence-electron chi connectivity index (χ1n) is 6.66. The Hall–Kier alpha value is -0.460. The van der Waals surface area contributed by atoms with Crippen molar-refractivity contribution in [2.75, 3.05) is 26.2 Å². The van der Waals surface area contributed by atoms with Crippen LogP contribution in [0.25, 0.3) is 0 Å². The van der Waals surface area contributed by atoms with E-state index in [9.17, 15) is 0 Å². The molecule has 18 heavy (non-hydrogen) atoms. The number of nitrogens with one attached hydrogen (secondary N) is 1. The number of nitrogens with two attached hydrogens (primary N) is 1. The topological polar surface area (TPSA) is 50.5 Å². The first-order valence-corrected chi connectivity index (χ1v) is 7.54. The first kappa shape index (κ1) is 14.0. The van der Waals surface area contributed by atoms with Gasteiger partial charge in [0.15, 0.2) is 0 Å². The predicted octanol–water partition coefficient (Wildman–Crippen LogP) is 1.23. The lowest BCUT2D eigenvalue weighted by atomic mass is 10.0. The van der Waals surface area contributed by atoms with Gasteiger partial charge < -0.3 is 4.74 Å². The van der Waals surface area contributed by atoms with Crippen molar-refractivity contribution < 1.29 is 4.74 Å². The van der Waals surface area contributed by atoms with Gasteiger partial charge in [0.05, 0.1) is 12.7 Å². The van der Waals surface area contributed by atoms with Crippen LogP contribution in [0.1, 0.15) is 18.2 Å². The summed E-state index contributed by atoms with van der Waals surface area (Å²) < 4.78 is 5.85. The van der Waals surface area contributed by atoms with Gasteiger partial charge in [-0.05, 0) is 30.8 Å². The number of likely N-dealkylation sites (N-methyl/N-ethyl adjacent to an activating group) is 1. The molecule has 1 aromatic rings. The number of morpholine rings is 1. The molecule has 0 saturated carbocycles. The molecule has 2 heterocycles. The van der Waals surface area contributed by atoms with Crippen LogP contribution >= 0.6 is 11.3 Å². The second-order valence-electron chi connectivity index (χ2n) is 4.69. The van der Waals surface area contributed by atoms with E-state index in [2.05, 4.69) is 34.8 Å². The van der Waals surface area contributed by atoms with E-state index in [1.54, 1.807) is 0 Å². The van der Waals surface area contributed by atoms with Crippen LogP contribution < -0.4 is 11.3 Å². The lowest BCUT2D eigenvalue weighted by Crippen LogP contribution is -2.54. The molecule has 4 nitrogen and oxygen atoms in total. The van der Waals surface area contributed by atoms with Crippen molar-refractivity contribution >= 4 is 11.3 Å². The molecule has 1 saturated heterocycles. The maximum absolute atomic E-state index is 5.85. The molecule has 0 aromatic carbocycles. The molecule has 0 radical (unpaired) electrons. The van der Waals surface area contributed by atoms with Gasteiger partial charge in [-0.2, -0.15) is 0 Å². The number of hydrogen-bond acceptors (Lipinski definition) is 5. The highest BCUT2D eigenvalue weighted by atomic mass is 32.1. The van der Waals surface area contributed by atoms with Crippen molar-refractivity contribution in [1.29, 1.82) is 0 Å². The summed E-state index contributed by atoms with van der Waals surface area (Å²) in [5.74, 6) is 5.68. The first-order chi connectivity index (χ1) is 8.83. The molecule has 1 aliphatic heterocycles. The maximum atomic E-state index is 5.85. The lowest BCUT2D eigenvalue weighted by molar-refractivity contribution is -0.0461. The van der Waals surface area contributed by atoms with Gasteiger partial charge >= 0.3 is 0 Å². The summed E-state index contributed by atoms with van der Waals surface area (Å²) >= 11 is 1.81. The van der Waals surface area contributed by atoms with E-state index < -0.39 is 0 Å². The molecule has 1 aliphatic rings. The third-order valence-electron chi connectivity index (χ3n) is 3.57. The fraction of sp³-hybridized carbons (Fsp3) is 0.692. The average molecular weight is 269 g/mol. The van der Waals surface area contributed by atoms with Crippen LogP contribution in [0, 0.1) is 0 Å². The molecule has 102 valence electrons. The van der Waals surface area contributed by atoms with Gasteiger partial charge in [-0.15, -0.1) is 11.3 Å². The van der Waals surface area contributed by atoms with Gasteiger partial charge in [-0.3, -0.25) is 16.2 Å². The lowest BCUT2D eigenvalue weighted by Gasteiger charge is -2.36. The SMILES string of the molecule is CCN1CCOC(C(CCc2cccs2)NN)C1. The minimum atomic E-state index is 0.212. The molecule has 3 N–H and O–H groups in total. The molecule has 2 unspecified atom stereocenters. The van der Waals surface area contributed by atoms with Gasteiger partial charge in [0.25, 0.3) is 0 Å². The van der Waals surface area contributed by atoms with Crippen molar-refractivity contribution in [2.45, 2.75) is 31.9 Å². The van der Waals surface area contributed by atoms with E-state index >= 15 is 0 Å². The zero-order valence-electron chi connectivity index (χ0n) is 11.0. The Morgan fingerprint density at radius 1 is 1.67 bits per heavy atom. The molecular weight excluding hydrogens is 246 g/mol. The van der Waals surface area contributed by atoms with E-state index in [1.807, 2.05) is 11.3 Å². The number of nitrogens with zero attached hydrogens (tertiary/aromatic N) is 1. The smallest absolute Gasteiger partial charge is 0.0868 e. The van der Waals surface area contributed by atoms with Crippen LogP contribution in [0.5, 0.6) is 0 Å². The summed E-state index contributed by atoms with van der Waals surface area (Å²) in [7, 11) is 0. The van der Waals surface area contributed by atoms with Crippen molar-refractivity contribution in [3.8, 4) is 0 Å². The molecule has 0 aliphatic carbocycles. The van der Waals surface area contributed by atoms with Crippen molar-refractivity contribution in [1.82, 2.24) is 10.3 Å². The molecule has 0 bridgehead atoms. The zero-order chi connectivity index (χ0) is 12.8. The van der Waals surface area contributed by atoms with Crippen LogP contribution in [0.15, 0.2) is 17.5 Å². The second kappa shape index (κ2) is 7.21. The van der Waals surface area contributed by atoms with Crippen LogP contribution in [-0.2, 0) is 11.2 Å². The Balaban J connectivity index is 1.83. The molecule has 0 spiro atoms. The second-order valence-corrected chi connectivity index (χ2v) is 5.73.